The van der Waals surface area contributed by atoms with Gasteiger partial charge in [-0.25, -0.2) is 13.6 Å². The molecule has 1 aliphatic rings. The lowest BCUT2D eigenvalue weighted by Gasteiger charge is -2.23. The molecular weight excluding hydrogens is 262 g/mol. The highest BCUT2D eigenvalue weighted by Crippen LogP contribution is 2.36. The SMILES string of the molecule is O=C(O)c1ccc(/C=C2\CCCCCCC2(F)F)cc1. The summed E-state index contributed by atoms with van der Waals surface area (Å²) < 4.78 is 28.1. The second-order valence-electron chi connectivity index (χ2n) is 5.22. The maximum absolute atomic E-state index is 14.0. The van der Waals surface area contributed by atoms with Gasteiger partial charge in [0, 0.05) is 6.42 Å². The maximum atomic E-state index is 14.0. The number of rotatable bonds is 2. The number of allylic oxidation sites excluding steroid dienone is 1. The number of aromatic carboxylic acids is 1. The van der Waals surface area contributed by atoms with Gasteiger partial charge in [-0.15, -0.1) is 0 Å². The lowest BCUT2D eigenvalue weighted by Crippen LogP contribution is -2.20. The molecule has 0 amide bonds. The molecule has 0 aromatic heterocycles. The molecule has 0 atom stereocenters. The van der Waals surface area contributed by atoms with Gasteiger partial charge < -0.3 is 5.11 Å². The van der Waals surface area contributed by atoms with E-state index in [1.54, 1.807) is 12.1 Å². The summed E-state index contributed by atoms with van der Waals surface area (Å²) in [5.41, 5.74) is 0.960. The summed E-state index contributed by atoms with van der Waals surface area (Å²) >= 11 is 0. The quantitative estimate of drug-likeness (QED) is 0.848. The first kappa shape index (κ1) is 14.7. The van der Waals surface area contributed by atoms with Crippen LogP contribution in [0.5, 0.6) is 0 Å². The van der Waals surface area contributed by atoms with Gasteiger partial charge in [0.25, 0.3) is 5.92 Å². The number of hydrogen-bond donors (Lipinski definition) is 1. The van der Waals surface area contributed by atoms with Gasteiger partial charge >= 0.3 is 5.97 Å². The Morgan fingerprint density at radius 3 is 2.40 bits per heavy atom. The van der Waals surface area contributed by atoms with Gasteiger partial charge in [0.15, 0.2) is 0 Å². The van der Waals surface area contributed by atoms with Crippen molar-refractivity contribution in [2.24, 2.45) is 0 Å². The average molecular weight is 280 g/mol. The van der Waals surface area contributed by atoms with Crippen molar-refractivity contribution in [1.82, 2.24) is 0 Å². The van der Waals surface area contributed by atoms with Crippen LogP contribution in [0.3, 0.4) is 0 Å². The van der Waals surface area contributed by atoms with Crippen LogP contribution in [0.25, 0.3) is 6.08 Å². The molecule has 1 aromatic rings. The zero-order valence-electron chi connectivity index (χ0n) is 11.2. The van der Waals surface area contributed by atoms with Crippen molar-refractivity contribution < 1.29 is 18.7 Å². The van der Waals surface area contributed by atoms with Crippen LogP contribution >= 0.6 is 0 Å². The van der Waals surface area contributed by atoms with Crippen LogP contribution in [0, 0.1) is 0 Å². The Hall–Kier alpha value is -1.71. The van der Waals surface area contributed by atoms with E-state index < -0.39 is 11.9 Å². The van der Waals surface area contributed by atoms with Gasteiger partial charge in [-0.05, 0) is 48.6 Å². The molecule has 1 saturated carbocycles. The highest BCUT2D eigenvalue weighted by Gasteiger charge is 2.33. The summed E-state index contributed by atoms with van der Waals surface area (Å²) in [7, 11) is 0. The minimum Gasteiger partial charge on any atom is -0.478 e. The first-order valence-corrected chi connectivity index (χ1v) is 6.91. The Balaban J connectivity index is 2.23. The fourth-order valence-corrected chi connectivity index (χ4v) is 2.46. The van der Waals surface area contributed by atoms with E-state index in [1.807, 2.05) is 0 Å². The van der Waals surface area contributed by atoms with Crippen LogP contribution < -0.4 is 0 Å². The molecule has 0 heterocycles. The monoisotopic (exact) mass is 280 g/mol. The molecule has 0 bridgehead atoms. The third kappa shape index (κ3) is 3.65. The van der Waals surface area contributed by atoms with Gasteiger partial charge in [0.05, 0.1) is 5.56 Å². The van der Waals surface area contributed by atoms with E-state index in [-0.39, 0.29) is 17.6 Å². The Morgan fingerprint density at radius 1 is 1.10 bits per heavy atom. The van der Waals surface area contributed by atoms with Crippen molar-refractivity contribution >= 4 is 12.0 Å². The number of carboxylic acid groups (broad SMARTS) is 1. The highest BCUT2D eigenvalue weighted by atomic mass is 19.3. The Bertz CT molecular complexity index is 504. The predicted octanol–water partition coefficient (Wildman–Crippen LogP) is 4.76. The van der Waals surface area contributed by atoms with Crippen molar-refractivity contribution in [3.63, 3.8) is 0 Å². The van der Waals surface area contributed by atoms with Crippen molar-refractivity contribution in [3.8, 4) is 0 Å². The zero-order valence-corrected chi connectivity index (χ0v) is 11.2. The lowest BCUT2D eigenvalue weighted by molar-refractivity contribution is 0.0241. The normalized spacial score (nSPS) is 21.2. The van der Waals surface area contributed by atoms with Gasteiger partial charge in [-0.2, -0.15) is 0 Å². The molecule has 108 valence electrons. The molecule has 1 aromatic carbocycles. The van der Waals surface area contributed by atoms with E-state index in [2.05, 4.69) is 0 Å². The van der Waals surface area contributed by atoms with E-state index in [1.165, 1.54) is 18.2 Å². The van der Waals surface area contributed by atoms with E-state index in [9.17, 15) is 13.6 Å². The smallest absolute Gasteiger partial charge is 0.335 e. The van der Waals surface area contributed by atoms with E-state index >= 15 is 0 Å². The molecular formula is C16H18F2O2. The number of hydrogen-bond acceptors (Lipinski definition) is 1. The summed E-state index contributed by atoms with van der Waals surface area (Å²) in [6.07, 6.45) is 5.04. The van der Waals surface area contributed by atoms with Crippen molar-refractivity contribution in [1.29, 1.82) is 0 Å². The van der Waals surface area contributed by atoms with Crippen molar-refractivity contribution in [2.45, 2.75) is 44.4 Å². The predicted molar refractivity (Wildman–Crippen MR) is 74.0 cm³/mol. The Kier molecular flexibility index (Phi) is 4.53. The number of benzene rings is 1. The Morgan fingerprint density at radius 2 is 1.75 bits per heavy atom. The second-order valence-corrected chi connectivity index (χ2v) is 5.22. The molecule has 2 rings (SSSR count). The second kappa shape index (κ2) is 6.16. The summed E-state index contributed by atoms with van der Waals surface area (Å²) in [6.45, 7) is 0. The minimum absolute atomic E-state index is 0.0912. The number of halogens is 2. The molecule has 0 aliphatic heterocycles. The number of carbonyl (C=O) groups is 1. The van der Waals surface area contributed by atoms with Crippen LogP contribution in [0.1, 0.15) is 54.4 Å². The van der Waals surface area contributed by atoms with E-state index in [4.69, 9.17) is 5.11 Å². The standard InChI is InChI=1S/C16H18F2O2/c17-16(18)10-4-2-1-3-5-14(16)11-12-6-8-13(9-7-12)15(19)20/h6-9,11H,1-5,10H2,(H,19,20)/b14-11+. The minimum atomic E-state index is -2.74. The van der Waals surface area contributed by atoms with Gasteiger partial charge in [0.2, 0.25) is 0 Å². The molecule has 1 fully saturated rings. The molecule has 2 nitrogen and oxygen atoms in total. The molecule has 4 heteroatoms. The van der Waals surface area contributed by atoms with E-state index in [0.29, 0.717) is 18.4 Å². The molecule has 0 saturated heterocycles. The molecule has 1 N–H and O–H groups in total. The maximum Gasteiger partial charge on any atom is 0.335 e. The number of carboxylic acids is 1. The molecule has 20 heavy (non-hydrogen) atoms. The first-order chi connectivity index (χ1) is 9.49. The van der Waals surface area contributed by atoms with Gasteiger partial charge in [-0.1, -0.05) is 25.0 Å². The third-order valence-electron chi connectivity index (χ3n) is 3.66. The summed E-state index contributed by atoms with van der Waals surface area (Å²) in [6, 6.07) is 6.03. The van der Waals surface area contributed by atoms with Crippen LogP contribution in [0.15, 0.2) is 29.8 Å². The molecule has 0 spiro atoms. The fourth-order valence-electron chi connectivity index (χ4n) is 2.46. The Labute approximate surface area is 117 Å². The fraction of sp³-hybridized carbons (Fsp3) is 0.438. The summed E-state index contributed by atoms with van der Waals surface area (Å²) in [5.74, 6) is -3.76. The highest BCUT2D eigenvalue weighted by molar-refractivity contribution is 5.87. The van der Waals surface area contributed by atoms with Crippen molar-refractivity contribution in [2.75, 3.05) is 0 Å². The topological polar surface area (TPSA) is 37.3 Å². The third-order valence-corrected chi connectivity index (χ3v) is 3.66. The largest absolute Gasteiger partial charge is 0.478 e. The van der Waals surface area contributed by atoms with E-state index in [0.717, 1.165) is 19.3 Å². The zero-order chi connectivity index (χ0) is 14.6. The van der Waals surface area contributed by atoms with Crippen molar-refractivity contribution in [3.05, 3.63) is 41.0 Å². The van der Waals surface area contributed by atoms with Crippen LogP contribution in [0.4, 0.5) is 8.78 Å². The van der Waals surface area contributed by atoms with Crippen LogP contribution in [-0.4, -0.2) is 17.0 Å². The molecule has 0 unspecified atom stereocenters. The summed E-state index contributed by atoms with van der Waals surface area (Å²) in [4.78, 5) is 10.8. The number of alkyl halides is 2. The van der Waals surface area contributed by atoms with Crippen LogP contribution in [-0.2, 0) is 0 Å². The molecule has 0 radical (unpaired) electrons. The first-order valence-electron chi connectivity index (χ1n) is 6.91. The van der Waals surface area contributed by atoms with Gasteiger partial charge in [-0.3, -0.25) is 0 Å². The van der Waals surface area contributed by atoms with Crippen LogP contribution in [0.2, 0.25) is 0 Å². The average Bonchev–Trinajstić information content (AvgIpc) is 2.40. The molecule has 1 aliphatic carbocycles. The van der Waals surface area contributed by atoms with Gasteiger partial charge in [0.1, 0.15) is 0 Å². The lowest BCUT2D eigenvalue weighted by atomic mass is 9.91. The summed E-state index contributed by atoms with van der Waals surface area (Å²) in [5, 5.41) is 8.81.